The van der Waals surface area contributed by atoms with Crippen molar-refractivity contribution in [2.45, 2.75) is 12.7 Å². The number of halogens is 3. The molecular formula is C16H25F3N4O. The summed E-state index contributed by atoms with van der Waals surface area (Å²) in [5.74, 6) is 1.39. The molecule has 0 aromatic heterocycles. The molecular weight excluding hydrogens is 321 g/mol. The maximum Gasteiger partial charge on any atom is 0.401 e. The Labute approximate surface area is 141 Å². The van der Waals surface area contributed by atoms with E-state index < -0.39 is 12.7 Å². The number of alkyl halides is 3. The van der Waals surface area contributed by atoms with E-state index in [1.807, 2.05) is 36.2 Å². The first-order valence-corrected chi connectivity index (χ1v) is 7.55. The van der Waals surface area contributed by atoms with Gasteiger partial charge in [-0.3, -0.25) is 9.89 Å². The van der Waals surface area contributed by atoms with Gasteiger partial charge in [0.05, 0.1) is 13.7 Å². The molecule has 0 heterocycles. The van der Waals surface area contributed by atoms with E-state index in [-0.39, 0.29) is 6.54 Å². The molecule has 0 unspecified atom stereocenters. The van der Waals surface area contributed by atoms with Crippen molar-refractivity contribution in [3.8, 4) is 5.75 Å². The first-order valence-electron chi connectivity index (χ1n) is 7.55. The Morgan fingerprint density at radius 3 is 2.50 bits per heavy atom. The number of hydrogen-bond acceptors (Lipinski definition) is 3. The van der Waals surface area contributed by atoms with Crippen LogP contribution in [0.2, 0.25) is 0 Å². The number of likely N-dealkylation sites (N-methyl/N-ethyl adjacent to an activating group) is 1. The van der Waals surface area contributed by atoms with Crippen LogP contribution in [0.25, 0.3) is 0 Å². The van der Waals surface area contributed by atoms with Crippen LogP contribution in [0.3, 0.4) is 0 Å². The quantitative estimate of drug-likeness (QED) is 0.607. The van der Waals surface area contributed by atoms with Gasteiger partial charge >= 0.3 is 6.18 Å². The maximum absolute atomic E-state index is 12.3. The molecule has 0 fully saturated rings. The summed E-state index contributed by atoms with van der Waals surface area (Å²) < 4.78 is 42.2. The van der Waals surface area contributed by atoms with Crippen molar-refractivity contribution >= 4 is 5.96 Å². The van der Waals surface area contributed by atoms with Gasteiger partial charge in [0, 0.05) is 39.3 Å². The van der Waals surface area contributed by atoms with Crippen LogP contribution >= 0.6 is 0 Å². The minimum atomic E-state index is -4.18. The Morgan fingerprint density at radius 1 is 1.25 bits per heavy atom. The fourth-order valence-electron chi connectivity index (χ4n) is 2.29. The van der Waals surface area contributed by atoms with Crippen molar-refractivity contribution in [1.29, 1.82) is 0 Å². The third-order valence-corrected chi connectivity index (χ3v) is 3.40. The van der Waals surface area contributed by atoms with Gasteiger partial charge in [-0.15, -0.1) is 0 Å². The van der Waals surface area contributed by atoms with Crippen LogP contribution in [0.15, 0.2) is 29.3 Å². The number of nitrogens with one attached hydrogen (secondary N) is 1. The zero-order chi connectivity index (χ0) is 18.2. The molecule has 1 aromatic rings. The number of aliphatic imine (C=N–C) groups is 1. The predicted molar refractivity (Wildman–Crippen MR) is 89.4 cm³/mol. The molecule has 1 aromatic carbocycles. The monoisotopic (exact) mass is 346 g/mol. The van der Waals surface area contributed by atoms with Gasteiger partial charge in [-0.05, 0) is 13.1 Å². The molecule has 1 N–H and O–H groups in total. The number of nitrogens with zero attached hydrogens (tertiary/aromatic N) is 3. The van der Waals surface area contributed by atoms with Crippen LogP contribution in [0, 0.1) is 0 Å². The summed E-state index contributed by atoms with van der Waals surface area (Å²) in [5.41, 5.74) is 1.000. The first kappa shape index (κ1) is 20.1. The highest BCUT2D eigenvalue weighted by atomic mass is 19.4. The second-order valence-corrected chi connectivity index (χ2v) is 5.49. The second kappa shape index (κ2) is 9.36. The number of ether oxygens (including phenoxy) is 1. The van der Waals surface area contributed by atoms with Crippen molar-refractivity contribution in [3.05, 3.63) is 29.8 Å². The van der Waals surface area contributed by atoms with Crippen LogP contribution in [-0.4, -0.2) is 69.8 Å². The highest BCUT2D eigenvalue weighted by Crippen LogP contribution is 2.18. The molecule has 0 saturated heterocycles. The van der Waals surface area contributed by atoms with E-state index in [4.69, 9.17) is 4.74 Å². The smallest absolute Gasteiger partial charge is 0.401 e. The summed E-state index contributed by atoms with van der Waals surface area (Å²) in [7, 11) is 6.56. The van der Waals surface area contributed by atoms with Gasteiger partial charge in [-0.2, -0.15) is 13.2 Å². The standard InChI is InChI=1S/C16H25F3N4O/c1-20-15(21-9-10-22(2)12-16(17,18)19)23(3)11-13-7-5-6-8-14(13)24-4/h5-8H,9-12H2,1-4H3,(H,20,21). The largest absolute Gasteiger partial charge is 0.496 e. The molecule has 0 spiro atoms. The van der Waals surface area contributed by atoms with Crippen LogP contribution in [-0.2, 0) is 6.54 Å². The number of guanidine groups is 1. The van der Waals surface area contributed by atoms with Crippen LogP contribution in [0.5, 0.6) is 5.75 Å². The van der Waals surface area contributed by atoms with Gasteiger partial charge < -0.3 is 15.0 Å². The predicted octanol–water partition coefficient (Wildman–Crippen LogP) is 2.20. The van der Waals surface area contributed by atoms with E-state index in [1.165, 1.54) is 11.9 Å². The van der Waals surface area contributed by atoms with Crippen LogP contribution in [0.1, 0.15) is 5.56 Å². The van der Waals surface area contributed by atoms with Crippen LogP contribution < -0.4 is 10.1 Å². The molecule has 136 valence electrons. The Bertz CT molecular complexity index is 534. The lowest BCUT2D eigenvalue weighted by Gasteiger charge is -2.24. The zero-order valence-corrected chi connectivity index (χ0v) is 14.5. The maximum atomic E-state index is 12.3. The fraction of sp³-hybridized carbons (Fsp3) is 0.562. The van der Waals surface area contributed by atoms with E-state index in [1.54, 1.807) is 14.2 Å². The van der Waals surface area contributed by atoms with Crippen molar-refractivity contribution in [2.24, 2.45) is 4.99 Å². The van der Waals surface area contributed by atoms with Crippen molar-refractivity contribution in [1.82, 2.24) is 15.1 Å². The summed E-state index contributed by atoms with van der Waals surface area (Å²) in [6, 6.07) is 7.66. The van der Waals surface area contributed by atoms with Gasteiger partial charge in [-0.1, -0.05) is 18.2 Å². The Morgan fingerprint density at radius 2 is 1.92 bits per heavy atom. The van der Waals surface area contributed by atoms with Gasteiger partial charge in [0.2, 0.25) is 0 Å². The zero-order valence-electron chi connectivity index (χ0n) is 14.5. The fourth-order valence-corrected chi connectivity index (χ4v) is 2.29. The number of methoxy groups -OCH3 is 1. The molecule has 0 aliphatic rings. The van der Waals surface area contributed by atoms with Gasteiger partial charge in [0.15, 0.2) is 5.96 Å². The summed E-state index contributed by atoms with van der Waals surface area (Å²) in [6.45, 7) is 0.281. The summed E-state index contributed by atoms with van der Waals surface area (Å²) in [4.78, 5) is 7.27. The van der Waals surface area contributed by atoms with Gasteiger partial charge in [0.1, 0.15) is 5.75 Å². The lowest BCUT2D eigenvalue weighted by molar-refractivity contribution is -0.142. The van der Waals surface area contributed by atoms with Crippen LogP contribution in [0.4, 0.5) is 13.2 Å². The molecule has 5 nitrogen and oxygen atoms in total. The molecule has 0 bridgehead atoms. The van der Waals surface area contributed by atoms with Crippen molar-refractivity contribution < 1.29 is 17.9 Å². The van der Waals surface area contributed by atoms with Gasteiger partial charge in [0.25, 0.3) is 0 Å². The molecule has 1 rings (SSSR count). The van der Waals surface area contributed by atoms with E-state index >= 15 is 0 Å². The number of benzene rings is 1. The Hall–Kier alpha value is -1.96. The van der Waals surface area contributed by atoms with E-state index in [2.05, 4.69) is 10.3 Å². The highest BCUT2D eigenvalue weighted by Gasteiger charge is 2.28. The topological polar surface area (TPSA) is 40.1 Å². The number of para-hydroxylation sites is 1. The number of rotatable bonds is 7. The lowest BCUT2D eigenvalue weighted by atomic mass is 10.2. The normalized spacial score (nSPS) is 12.4. The second-order valence-electron chi connectivity index (χ2n) is 5.49. The molecule has 0 radical (unpaired) electrons. The SMILES string of the molecule is CN=C(NCCN(C)CC(F)(F)F)N(C)Cc1ccccc1OC. The number of hydrogen-bond donors (Lipinski definition) is 1. The summed E-state index contributed by atoms with van der Waals surface area (Å²) in [5, 5.41) is 3.07. The summed E-state index contributed by atoms with van der Waals surface area (Å²) in [6.07, 6.45) is -4.18. The first-order chi connectivity index (χ1) is 11.3. The highest BCUT2D eigenvalue weighted by molar-refractivity contribution is 5.79. The summed E-state index contributed by atoms with van der Waals surface area (Å²) >= 11 is 0. The van der Waals surface area contributed by atoms with Crippen molar-refractivity contribution in [3.63, 3.8) is 0 Å². The average Bonchev–Trinajstić information content (AvgIpc) is 2.50. The minimum absolute atomic E-state index is 0.265. The van der Waals surface area contributed by atoms with E-state index in [0.29, 0.717) is 19.0 Å². The molecule has 0 amide bonds. The Balaban J connectivity index is 2.51. The van der Waals surface area contributed by atoms with Gasteiger partial charge in [-0.25, -0.2) is 0 Å². The lowest BCUT2D eigenvalue weighted by Crippen LogP contribution is -2.43. The molecule has 0 aliphatic carbocycles. The molecule has 0 atom stereocenters. The third-order valence-electron chi connectivity index (χ3n) is 3.40. The third kappa shape index (κ3) is 7.08. The van der Waals surface area contributed by atoms with E-state index in [9.17, 15) is 13.2 Å². The van der Waals surface area contributed by atoms with E-state index in [0.717, 1.165) is 11.3 Å². The minimum Gasteiger partial charge on any atom is -0.496 e. The molecule has 8 heteroatoms. The van der Waals surface area contributed by atoms with Crippen molar-refractivity contribution in [2.75, 3.05) is 47.9 Å². The average molecular weight is 346 g/mol. The molecule has 0 aliphatic heterocycles. The molecule has 0 saturated carbocycles. The Kier molecular flexibility index (Phi) is 7.84. The molecule has 24 heavy (non-hydrogen) atoms.